The molecule has 0 amide bonds. The van der Waals surface area contributed by atoms with E-state index in [1.807, 2.05) is 12.1 Å². The number of nitrogens with zero attached hydrogens (tertiary/aromatic N) is 2. The second-order valence-corrected chi connectivity index (χ2v) is 5.14. The monoisotopic (exact) mass is 353 g/mol. The first-order valence-electron chi connectivity index (χ1n) is 6.07. The Hall–Kier alpha value is -1.17. The summed E-state index contributed by atoms with van der Waals surface area (Å²) < 4.78 is 0.966. The lowest BCUT2D eigenvalue weighted by Gasteiger charge is -2.10. The highest BCUT2D eigenvalue weighted by Gasteiger charge is 2.12. The van der Waals surface area contributed by atoms with Crippen molar-refractivity contribution in [2.75, 3.05) is 5.73 Å². The average Bonchev–Trinajstić information content (AvgIpc) is 2.41. The minimum absolute atomic E-state index is 0.573. The maximum atomic E-state index is 5.97. The van der Waals surface area contributed by atoms with Gasteiger partial charge in [-0.15, -0.1) is 0 Å². The second kappa shape index (κ2) is 5.65. The van der Waals surface area contributed by atoms with E-state index in [1.54, 1.807) is 0 Å². The molecule has 94 valence electrons. The normalized spacial score (nSPS) is 10.6. The molecular formula is C14H16IN3. The van der Waals surface area contributed by atoms with Gasteiger partial charge in [0, 0.05) is 5.56 Å². The van der Waals surface area contributed by atoms with E-state index < -0.39 is 0 Å². The number of halogens is 1. The zero-order valence-electron chi connectivity index (χ0n) is 10.6. The van der Waals surface area contributed by atoms with E-state index in [9.17, 15) is 0 Å². The lowest BCUT2D eigenvalue weighted by Crippen LogP contribution is -2.05. The van der Waals surface area contributed by atoms with Crippen LogP contribution in [0.1, 0.15) is 25.1 Å². The number of nitrogens with two attached hydrogens (primary N) is 1. The fourth-order valence-electron chi connectivity index (χ4n) is 1.91. The lowest BCUT2D eigenvalue weighted by molar-refractivity contribution is 0.989. The third-order valence-corrected chi connectivity index (χ3v) is 4.09. The topological polar surface area (TPSA) is 51.8 Å². The van der Waals surface area contributed by atoms with E-state index in [0.717, 1.165) is 33.5 Å². The van der Waals surface area contributed by atoms with Crippen LogP contribution in [0.3, 0.4) is 0 Å². The number of rotatable bonds is 3. The Morgan fingerprint density at radius 2 is 1.83 bits per heavy atom. The van der Waals surface area contributed by atoms with Crippen molar-refractivity contribution < 1.29 is 0 Å². The molecule has 2 N–H and O–H groups in total. The number of aryl methyl sites for hydroxylation is 2. The Balaban J connectivity index is 2.61. The summed E-state index contributed by atoms with van der Waals surface area (Å²) in [4.78, 5) is 9.05. The third kappa shape index (κ3) is 2.48. The maximum Gasteiger partial charge on any atom is 0.162 e. The van der Waals surface area contributed by atoms with Crippen molar-refractivity contribution in [1.82, 2.24) is 9.97 Å². The van der Waals surface area contributed by atoms with Crippen LogP contribution < -0.4 is 5.73 Å². The molecule has 18 heavy (non-hydrogen) atoms. The summed E-state index contributed by atoms with van der Waals surface area (Å²) in [6, 6.07) is 8.22. The number of hydrogen-bond acceptors (Lipinski definition) is 3. The smallest absolute Gasteiger partial charge is 0.162 e. The van der Waals surface area contributed by atoms with Gasteiger partial charge in [-0.25, -0.2) is 9.97 Å². The molecule has 0 saturated heterocycles. The van der Waals surface area contributed by atoms with Crippen molar-refractivity contribution in [3.05, 3.63) is 39.1 Å². The number of anilines is 1. The van der Waals surface area contributed by atoms with Crippen LogP contribution in [0.4, 0.5) is 5.82 Å². The van der Waals surface area contributed by atoms with E-state index in [-0.39, 0.29) is 0 Å². The largest absolute Gasteiger partial charge is 0.383 e. The first-order valence-corrected chi connectivity index (χ1v) is 7.15. The van der Waals surface area contributed by atoms with Gasteiger partial charge in [0.05, 0.1) is 9.26 Å². The van der Waals surface area contributed by atoms with Gasteiger partial charge in [0.2, 0.25) is 0 Å². The molecule has 0 unspecified atom stereocenters. The molecule has 0 atom stereocenters. The number of hydrogen-bond donors (Lipinski definition) is 1. The fraction of sp³-hybridized carbons (Fsp3) is 0.286. The molecule has 0 aliphatic rings. The summed E-state index contributed by atoms with van der Waals surface area (Å²) in [6.07, 6.45) is 1.83. The van der Waals surface area contributed by atoms with Gasteiger partial charge in [-0.2, -0.15) is 0 Å². The van der Waals surface area contributed by atoms with Crippen LogP contribution >= 0.6 is 22.6 Å². The van der Waals surface area contributed by atoms with Gasteiger partial charge < -0.3 is 5.73 Å². The Kier molecular flexibility index (Phi) is 4.16. The van der Waals surface area contributed by atoms with Gasteiger partial charge in [0.25, 0.3) is 0 Å². The summed E-state index contributed by atoms with van der Waals surface area (Å²) in [5, 5.41) is 0. The third-order valence-electron chi connectivity index (χ3n) is 2.92. The molecule has 3 nitrogen and oxygen atoms in total. The van der Waals surface area contributed by atoms with E-state index in [0.29, 0.717) is 5.82 Å². The van der Waals surface area contributed by atoms with Gasteiger partial charge in [0.15, 0.2) is 5.82 Å². The molecule has 2 aromatic rings. The summed E-state index contributed by atoms with van der Waals surface area (Å²) >= 11 is 2.21. The minimum atomic E-state index is 0.573. The highest BCUT2D eigenvalue weighted by atomic mass is 127. The first kappa shape index (κ1) is 13.3. The van der Waals surface area contributed by atoms with Crippen molar-refractivity contribution in [2.45, 2.75) is 26.7 Å². The van der Waals surface area contributed by atoms with Crippen LogP contribution in [0.15, 0.2) is 24.3 Å². The zero-order valence-corrected chi connectivity index (χ0v) is 12.7. The zero-order chi connectivity index (χ0) is 13.1. The molecule has 0 fully saturated rings. The maximum absolute atomic E-state index is 5.97. The average molecular weight is 353 g/mol. The molecule has 2 rings (SSSR count). The Labute approximate surface area is 121 Å². The minimum Gasteiger partial charge on any atom is -0.383 e. The number of benzene rings is 1. The summed E-state index contributed by atoms with van der Waals surface area (Å²) in [5.74, 6) is 1.31. The lowest BCUT2D eigenvalue weighted by atomic mass is 10.0. The second-order valence-electron chi connectivity index (χ2n) is 4.06. The van der Waals surface area contributed by atoms with Gasteiger partial charge in [0.1, 0.15) is 5.82 Å². The van der Waals surface area contributed by atoms with E-state index in [1.165, 1.54) is 5.56 Å². The molecule has 1 heterocycles. The highest BCUT2D eigenvalue weighted by Crippen LogP contribution is 2.25. The van der Waals surface area contributed by atoms with Crippen LogP contribution in [0, 0.1) is 3.57 Å². The predicted octanol–water partition coefficient (Wildman–Crippen LogP) is 3.46. The summed E-state index contributed by atoms with van der Waals surface area (Å²) in [5.41, 5.74) is 9.32. The molecule has 0 saturated carbocycles. The van der Waals surface area contributed by atoms with Gasteiger partial charge in [-0.3, -0.25) is 0 Å². The molecule has 0 aliphatic heterocycles. The van der Waals surface area contributed by atoms with Crippen molar-refractivity contribution >= 4 is 28.4 Å². The Morgan fingerprint density at radius 3 is 2.50 bits per heavy atom. The highest BCUT2D eigenvalue weighted by molar-refractivity contribution is 14.1. The van der Waals surface area contributed by atoms with E-state index in [4.69, 9.17) is 5.73 Å². The van der Waals surface area contributed by atoms with Crippen molar-refractivity contribution in [3.8, 4) is 11.4 Å². The van der Waals surface area contributed by atoms with Gasteiger partial charge >= 0.3 is 0 Å². The van der Waals surface area contributed by atoms with Crippen LogP contribution in [-0.4, -0.2) is 9.97 Å². The molecule has 1 aromatic carbocycles. The molecule has 1 aromatic heterocycles. The van der Waals surface area contributed by atoms with Crippen LogP contribution in [0.25, 0.3) is 11.4 Å². The molecule has 0 radical (unpaired) electrons. The van der Waals surface area contributed by atoms with E-state index in [2.05, 4.69) is 58.5 Å². The Morgan fingerprint density at radius 1 is 1.11 bits per heavy atom. The standard InChI is InChI=1S/C14H16IN3/c1-3-9-7-5-6-8-10(9)14-17-11(4-2)12(15)13(16)18-14/h5-8H,3-4H2,1-2H3,(H2,16,17,18). The van der Waals surface area contributed by atoms with Gasteiger partial charge in [-0.05, 0) is 41.0 Å². The van der Waals surface area contributed by atoms with Crippen LogP contribution in [0.5, 0.6) is 0 Å². The number of aromatic nitrogens is 2. The molecular weight excluding hydrogens is 337 g/mol. The molecule has 0 bridgehead atoms. The van der Waals surface area contributed by atoms with Crippen molar-refractivity contribution in [1.29, 1.82) is 0 Å². The first-order chi connectivity index (χ1) is 8.67. The Bertz CT molecular complexity index is 567. The fourth-order valence-corrected chi connectivity index (χ4v) is 2.54. The predicted molar refractivity (Wildman–Crippen MR) is 83.4 cm³/mol. The SMILES string of the molecule is CCc1ccccc1-c1nc(N)c(I)c(CC)n1. The number of nitrogen functional groups attached to an aromatic ring is 1. The molecule has 4 heteroatoms. The van der Waals surface area contributed by atoms with Gasteiger partial charge in [-0.1, -0.05) is 38.1 Å². The van der Waals surface area contributed by atoms with E-state index >= 15 is 0 Å². The van der Waals surface area contributed by atoms with Crippen molar-refractivity contribution in [2.24, 2.45) is 0 Å². The van der Waals surface area contributed by atoms with Crippen molar-refractivity contribution in [3.63, 3.8) is 0 Å². The summed E-state index contributed by atoms with van der Waals surface area (Å²) in [7, 11) is 0. The van der Waals surface area contributed by atoms with Crippen LogP contribution in [0.2, 0.25) is 0 Å². The summed E-state index contributed by atoms with van der Waals surface area (Å²) in [6.45, 7) is 4.22. The molecule has 0 aliphatic carbocycles. The molecule has 0 spiro atoms. The quantitative estimate of drug-likeness (QED) is 0.860. The van der Waals surface area contributed by atoms with Crippen LogP contribution in [-0.2, 0) is 12.8 Å².